The van der Waals surface area contributed by atoms with Crippen molar-refractivity contribution in [2.75, 3.05) is 5.32 Å². The van der Waals surface area contributed by atoms with Crippen molar-refractivity contribution in [1.29, 1.82) is 0 Å². The van der Waals surface area contributed by atoms with Crippen molar-refractivity contribution >= 4 is 27.9 Å². The molecule has 5 rings (SSSR count). The fourth-order valence-corrected chi connectivity index (χ4v) is 3.28. The van der Waals surface area contributed by atoms with E-state index in [1.54, 1.807) is 24.5 Å². The van der Waals surface area contributed by atoms with Gasteiger partial charge in [0.05, 0.1) is 34.5 Å². The van der Waals surface area contributed by atoms with E-state index < -0.39 is 0 Å². The minimum Gasteiger partial charge on any atom is -0.362 e. The topological polar surface area (TPSA) is 92.3 Å². The molecule has 0 aliphatic heterocycles. The molecule has 0 spiro atoms. The highest BCUT2D eigenvalue weighted by Gasteiger charge is 2.11. The van der Waals surface area contributed by atoms with E-state index in [2.05, 4.69) is 35.5 Å². The monoisotopic (exact) mass is 385 g/mol. The number of aromatic amines is 1. The highest BCUT2D eigenvalue weighted by atomic mass is 19.1. The summed E-state index contributed by atoms with van der Waals surface area (Å²) in [6, 6.07) is 12.2. The molecule has 29 heavy (non-hydrogen) atoms. The van der Waals surface area contributed by atoms with Crippen LogP contribution in [-0.4, -0.2) is 30.1 Å². The summed E-state index contributed by atoms with van der Waals surface area (Å²) in [5.41, 5.74) is 4.90. The molecular weight excluding hydrogens is 369 g/mol. The van der Waals surface area contributed by atoms with Gasteiger partial charge < -0.3 is 5.32 Å². The summed E-state index contributed by atoms with van der Waals surface area (Å²) in [6.07, 6.45) is 4.92. The summed E-state index contributed by atoms with van der Waals surface area (Å²) in [6.45, 7) is 1.99. The molecule has 0 saturated carbocycles. The number of rotatable bonds is 4. The molecule has 0 radical (unpaired) electrons. The van der Waals surface area contributed by atoms with Gasteiger partial charge in [0.25, 0.3) is 0 Å². The summed E-state index contributed by atoms with van der Waals surface area (Å²) < 4.78 is 13.1. The molecule has 7 nitrogen and oxygen atoms in total. The van der Waals surface area contributed by atoms with Gasteiger partial charge in [-0.2, -0.15) is 5.10 Å². The Morgan fingerprint density at radius 3 is 2.69 bits per heavy atom. The highest BCUT2D eigenvalue weighted by Crippen LogP contribution is 2.27. The lowest BCUT2D eigenvalue weighted by Gasteiger charge is -2.15. The number of benzene rings is 2. The molecule has 8 heteroatoms. The minimum absolute atomic E-state index is 0.0305. The zero-order valence-corrected chi connectivity index (χ0v) is 15.5. The molecule has 2 N–H and O–H groups in total. The van der Waals surface area contributed by atoms with Gasteiger partial charge in [-0.3, -0.25) is 10.1 Å². The number of nitrogens with one attached hydrogen (secondary N) is 2. The number of anilines is 1. The molecule has 0 amide bonds. The lowest BCUT2D eigenvalue weighted by molar-refractivity contribution is 0.626. The fraction of sp³-hybridized carbons (Fsp3) is 0.0952. The lowest BCUT2D eigenvalue weighted by atomic mass is 10.1. The lowest BCUT2D eigenvalue weighted by Crippen LogP contribution is -2.08. The summed E-state index contributed by atoms with van der Waals surface area (Å²) in [4.78, 5) is 17.8. The largest absolute Gasteiger partial charge is 0.362 e. The van der Waals surface area contributed by atoms with Crippen LogP contribution in [0.4, 0.5) is 10.2 Å². The van der Waals surface area contributed by atoms with Crippen LogP contribution in [0.25, 0.3) is 33.3 Å². The zero-order valence-electron chi connectivity index (χ0n) is 15.5. The molecule has 0 fully saturated rings. The van der Waals surface area contributed by atoms with Crippen LogP contribution in [0.1, 0.15) is 18.5 Å². The second kappa shape index (κ2) is 6.90. The van der Waals surface area contributed by atoms with Crippen LogP contribution in [0.15, 0.2) is 61.2 Å². The molecule has 2 aromatic carbocycles. The van der Waals surface area contributed by atoms with E-state index >= 15 is 0 Å². The third-order valence-electron chi connectivity index (χ3n) is 4.80. The Balaban J connectivity index is 1.45. The highest BCUT2D eigenvalue weighted by molar-refractivity contribution is 5.92. The summed E-state index contributed by atoms with van der Waals surface area (Å²) in [5.74, 6) is 0.403. The van der Waals surface area contributed by atoms with E-state index in [4.69, 9.17) is 0 Å². The summed E-state index contributed by atoms with van der Waals surface area (Å²) in [5, 5.41) is 11.0. The number of hydrogen-bond acceptors (Lipinski definition) is 6. The van der Waals surface area contributed by atoms with E-state index in [0.717, 1.165) is 33.2 Å². The van der Waals surface area contributed by atoms with E-state index in [9.17, 15) is 4.39 Å². The SMILES string of the molecule is C[C@@H](Nc1cnc2cc(-c3ncnc4[nH]ncc34)ccc2n1)c1ccc(F)cc1. The van der Waals surface area contributed by atoms with E-state index in [1.807, 2.05) is 25.1 Å². The molecule has 5 aromatic rings. The Kier molecular flexibility index (Phi) is 4.09. The molecule has 3 aromatic heterocycles. The number of H-pyrrole nitrogens is 1. The van der Waals surface area contributed by atoms with Gasteiger partial charge in [-0.1, -0.05) is 18.2 Å². The molecular formula is C21H16FN7. The van der Waals surface area contributed by atoms with Crippen LogP contribution < -0.4 is 5.32 Å². The minimum atomic E-state index is -0.251. The van der Waals surface area contributed by atoms with Gasteiger partial charge in [-0.25, -0.2) is 19.3 Å². The average molecular weight is 385 g/mol. The number of fused-ring (bicyclic) bond motifs is 2. The molecule has 0 aliphatic rings. The average Bonchev–Trinajstić information content (AvgIpc) is 3.23. The summed E-state index contributed by atoms with van der Waals surface area (Å²) in [7, 11) is 0. The van der Waals surface area contributed by atoms with Gasteiger partial charge in [-0.05, 0) is 36.8 Å². The first-order chi connectivity index (χ1) is 14.2. The molecule has 0 bridgehead atoms. The van der Waals surface area contributed by atoms with Crippen molar-refractivity contribution < 1.29 is 4.39 Å². The van der Waals surface area contributed by atoms with Gasteiger partial charge in [0.15, 0.2) is 5.65 Å². The maximum absolute atomic E-state index is 13.1. The molecule has 142 valence electrons. The third-order valence-corrected chi connectivity index (χ3v) is 4.80. The van der Waals surface area contributed by atoms with E-state index in [0.29, 0.717) is 11.5 Å². The number of nitrogens with zero attached hydrogens (tertiary/aromatic N) is 5. The first-order valence-corrected chi connectivity index (χ1v) is 9.10. The normalized spacial score (nSPS) is 12.3. The maximum Gasteiger partial charge on any atom is 0.159 e. The maximum atomic E-state index is 13.1. The van der Waals surface area contributed by atoms with Crippen molar-refractivity contribution in [3.05, 3.63) is 72.6 Å². The molecule has 3 heterocycles. The summed E-state index contributed by atoms with van der Waals surface area (Å²) >= 11 is 0. The molecule has 0 aliphatic carbocycles. The van der Waals surface area contributed by atoms with Crippen LogP contribution in [0.3, 0.4) is 0 Å². The third kappa shape index (κ3) is 3.25. The van der Waals surface area contributed by atoms with Crippen molar-refractivity contribution in [2.24, 2.45) is 0 Å². The molecule has 1 atom stereocenters. The van der Waals surface area contributed by atoms with Gasteiger partial charge in [0, 0.05) is 11.6 Å². The molecule has 0 saturated heterocycles. The second-order valence-electron chi connectivity index (χ2n) is 6.73. The molecule has 0 unspecified atom stereocenters. The van der Waals surface area contributed by atoms with Crippen molar-refractivity contribution in [1.82, 2.24) is 30.1 Å². The first kappa shape index (κ1) is 17.2. The van der Waals surface area contributed by atoms with Gasteiger partial charge in [-0.15, -0.1) is 0 Å². The van der Waals surface area contributed by atoms with Crippen LogP contribution in [0.5, 0.6) is 0 Å². The van der Waals surface area contributed by atoms with Gasteiger partial charge in [0.1, 0.15) is 18.0 Å². The number of halogens is 1. The predicted molar refractivity (Wildman–Crippen MR) is 109 cm³/mol. The van der Waals surface area contributed by atoms with Crippen LogP contribution in [0.2, 0.25) is 0 Å². The standard InChI is InChI=1S/C21H16FN7/c1-12(13-2-5-15(22)6-3-13)27-19-10-23-18-8-14(4-7-17(18)28-19)20-16-9-26-29-21(16)25-11-24-20/h2-12H,1H3,(H,27,28)(H,24,25,26,29)/t12-/m1/s1. The van der Waals surface area contributed by atoms with Crippen LogP contribution in [0, 0.1) is 5.82 Å². The van der Waals surface area contributed by atoms with E-state index in [1.165, 1.54) is 18.5 Å². The van der Waals surface area contributed by atoms with Crippen LogP contribution >= 0.6 is 0 Å². The van der Waals surface area contributed by atoms with Gasteiger partial charge >= 0.3 is 0 Å². The number of hydrogen-bond donors (Lipinski definition) is 2. The first-order valence-electron chi connectivity index (χ1n) is 9.10. The van der Waals surface area contributed by atoms with Crippen LogP contribution in [-0.2, 0) is 0 Å². The Bertz CT molecular complexity index is 1310. The Morgan fingerprint density at radius 1 is 0.966 bits per heavy atom. The second-order valence-corrected chi connectivity index (χ2v) is 6.73. The van der Waals surface area contributed by atoms with Gasteiger partial charge in [0.2, 0.25) is 0 Å². The smallest absolute Gasteiger partial charge is 0.159 e. The zero-order chi connectivity index (χ0) is 19.8. The van der Waals surface area contributed by atoms with Crippen molar-refractivity contribution in [3.8, 4) is 11.3 Å². The Morgan fingerprint density at radius 2 is 1.83 bits per heavy atom. The Hall–Kier alpha value is -3.94. The predicted octanol–water partition coefficient (Wildman–Crippen LogP) is 4.28. The fourth-order valence-electron chi connectivity index (χ4n) is 3.28. The van der Waals surface area contributed by atoms with Crippen molar-refractivity contribution in [2.45, 2.75) is 13.0 Å². The van der Waals surface area contributed by atoms with E-state index in [-0.39, 0.29) is 11.9 Å². The quantitative estimate of drug-likeness (QED) is 0.480. The Labute approximate surface area is 165 Å². The van der Waals surface area contributed by atoms with Crippen molar-refractivity contribution in [3.63, 3.8) is 0 Å². The number of aromatic nitrogens is 6.